The second-order valence-corrected chi connectivity index (χ2v) is 4.95. The number of halogens is 1. The zero-order valence-corrected chi connectivity index (χ0v) is 11.9. The van der Waals surface area contributed by atoms with Crippen LogP contribution < -0.4 is 4.74 Å². The van der Waals surface area contributed by atoms with Crippen molar-refractivity contribution in [3.05, 3.63) is 65.7 Å². The van der Waals surface area contributed by atoms with Crippen LogP contribution in [0.2, 0.25) is 0 Å². The summed E-state index contributed by atoms with van der Waals surface area (Å²) in [5, 5.41) is 1.12. The van der Waals surface area contributed by atoms with E-state index in [2.05, 4.69) is 11.1 Å². The number of hydrogen-bond donors (Lipinski definition) is 0. The molecule has 2 aromatic carbocycles. The van der Waals surface area contributed by atoms with Crippen molar-refractivity contribution >= 4 is 22.5 Å². The maximum Gasteiger partial charge on any atom is 0.222 e. The van der Waals surface area contributed by atoms with Gasteiger partial charge in [-0.15, -0.1) is 11.6 Å². The Hall–Kier alpha value is -2.06. The van der Waals surface area contributed by atoms with Gasteiger partial charge in [-0.25, -0.2) is 4.98 Å². The Morgan fingerprint density at radius 2 is 1.90 bits per heavy atom. The van der Waals surface area contributed by atoms with Crippen molar-refractivity contribution in [2.45, 2.75) is 12.8 Å². The van der Waals surface area contributed by atoms with Gasteiger partial charge in [0, 0.05) is 16.8 Å². The van der Waals surface area contributed by atoms with Crippen LogP contribution in [0, 0.1) is 6.92 Å². The predicted octanol–water partition coefficient (Wildman–Crippen LogP) is 5.07. The summed E-state index contributed by atoms with van der Waals surface area (Å²) in [5.41, 5.74) is 2.98. The summed E-state index contributed by atoms with van der Waals surface area (Å²) in [5.74, 6) is 1.87. The topological polar surface area (TPSA) is 22.1 Å². The lowest BCUT2D eigenvalue weighted by atomic mass is 10.2. The van der Waals surface area contributed by atoms with Gasteiger partial charge in [0.25, 0.3) is 0 Å². The van der Waals surface area contributed by atoms with Gasteiger partial charge in [0.05, 0.1) is 5.52 Å². The lowest BCUT2D eigenvalue weighted by Gasteiger charge is -2.09. The van der Waals surface area contributed by atoms with Gasteiger partial charge in [-0.05, 0) is 36.8 Å². The van der Waals surface area contributed by atoms with E-state index in [4.69, 9.17) is 16.3 Å². The second kappa shape index (κ2) is 5.51. The molecule has 0 unspecified atom stereocenters. The highest BCUT2D eigenvalue weighted by molar-refractivity contribution is 6.17. The summed E-state index contributed by atoms with van der Waals surface area (Å²) >= 11 is 5.84. The minimum absolute atomic E-state index is 0.474. The molecule has 0 fully saturated rings. The lowest BCUT2D eigenvalue weighted by molar-refractivity contribution is 0.461. The van der Waals surface area contributed by atoms with Gasteiger partial charge in [-0.2, -0.15) is 0 Å². The summed E-state index contributed by atoms with van der Waals surface area (Å²) in [6.45, 7) is 2.00. The van der Waals surface area contributed by atoms with E-state index < -0.39 is 0 Å². The fraction of sp³-hybridized carbons (Fsp3) is 0.118. The molecule has 0 aliphatic heterocycles. The first-order valence-electron chi connectivity index (χ1n) is 6.45. The molecule has 3 rings (SSSR count). The van der Waals surface area contributed by atoms with Crippen LogP contribution in [0.25, 0.3) is 10.9 Å². The van der Waals surface area contributed by atoms with Gasteiger partial charge in [0.15, 0.2) is 0 Å². The van der Waals surface area contributed by atoms with E-state index in [-0.39, 0.29) is 0 Å². The van der Waals surface area contributed by atoms with Gasteiger partial charge in [-0.1, -0.05) is 30.3 Å². The SMILES string of the molecule is Cc1cc2ccccc2nc1Oc1cccc(CCl)c1. The Balaban J connectivity index is 1.99. The van der Waals surface area contributed by atoms with Crippen LogP contribution >= 0.6 is 11.6 Å². The van der Waals surface area contributed by atoms with Crippen molar-refractivity contribution in [3.63, 3.8) is 0 Å². The highest BCUT2D eigenvalue weighted by Crippen LogP contribution is 2.27. The number of benzene rings is 2. The van der Waals surface area contributed by atoms with Crippen LogP contribution in [0.1, 0.15) is 11.1 Å². The van der Waals surface area contributed by atoms with Crippen LogP contribution in [0.15, 0.2) is 54.6 Å². The van der Waals surface area contributed by atoms with E-state index in [0.29, 0.717) is 11.8 Å². The van der Waals surface area contributed by atoms with Crippen molar-refractivity contribution in [3.8, 4) is 11.6 Å². The molecule has 0 saturated carbocycles. The molecule has 0 amide bonds. The quantitative estimate of drug-likeness (QED) is 0.626. The van der Waals surface area contributed by atoms with Crippen molar-refractivity contribution in [2.75, 3.05) is 0 Å². The fourth-order valence-electron chi connectivity index (χ4n) is 2.11. The van der Waals surface area contributed by atoms with Gasteiger partial charge < -0.3 is 4.74 Å². The number of alkyl halides is 1. The van der Waals surface area contributed by atoms with Crippen molar-refractivity contribution in [1.82, 2.24) is 4.98 Å². The van der Waals surface area contributed by atoms with Crippen LogP contribution in [-0.2, 0) is 5.88 Å². The Kier molecular flexibility index (Phi) is 3.57. The lowest BCUT2D eigenvalue weighted by Crippen LogP contribution is -1.93. The summed E-state index contributed by atoms with van der Waals surface area (Å²) in [6, 6.07) is 17.9. The molecule has 0 aliphatic rings. The van der Waals surface area contributed by atoms with Crippen molar-refractivity contribution in [2.24, 2.45) is 0 Å². The maximum atomic E-state index is 5.89. The smallest absolute Gasteiger partial charge is 0.222 e. The van der Waals surface area contributed by atoms with E-state index >= 15 is 0 Å². The molecule has 0 aliphatic carbocycles. The van der Waals surface area contributed by atoms with Crippen LogP contribution in [0.5, 0.6) is 11.6 Å². The van der Waals surface area contributed by atoms with Gasteiger partial charge >= 0.3 is 0 Å². The standard InChI is InChI=1S/C17H14ClNO/c1-12-9-14-6-2-3-8-16(14)19-17(12)20-15-7-4-5-13(10-15)11-18/h2-10H,11H2,1H3. The van der Waals surface area contributed by atoms with Crippen molar-refractivity contribution in [1.29, 1.82) is 0 Å². The summed E-state index contributed by atoms with van der Waals surface area (Å²) in [7, 11) is 0. The molecule has 3 heteroatoms. The average molecular weight is 284 g/mol. The van der Waals surface area contributed by atoms with E-state index in [9.17, 15) is 0 Å². The van der Waals surface area contributed by atoms with Gasteiger partial charge in [0.1, 0.15) is 5.75 Å². The fourth-order valence-corrected chi connectivity index (χ4v) is 2.28. The van der Waals surface area contributed by atoms with E-state index in [0.717, 1.165) is 27.8 Å². The maximum absolute atomic E-state index is 5.89. The zero-order valence-electron chi connectivity index (χ0n) is 11.1. The molecule has 100 valence electrons. The Morgan fingerprint density at radius 3 is 2.75 bits per heavy atom. The van der Waals surface area contributed by atoms with Crippen LogP contribution in [-0.4, -0.2) is 4.98 Å². The average Bonchev–Trinajstić information content (AvgIpc) is 2.48. The molecule has 1 heterocycles. The summed E-state index contributed by atoms with van der Waals surface area (Å²) in [6.07, 6.45) is 0. The monoisotopic (exact) mass is 283 g/mol. The number of aryl methyl sites for hydroxylation is 1. The van der Waals surface area contributed by atoms with E-state index in [1.54, 1.807) is 0 Å². The molecule has 0 N–H and O–H groups in total. The molecule has 1 aromatic heterocycles. The molecule has 2 nitrogen and oxygen atoms in total. The highest BCUT2D eigenvalue weighted by atomic mass is 35.5. The number of hydrogen-bond acceptors (Lipinski definition) is 2. The molecular weight excluding hydrogens is 270 g/mol. The minimum Gasteiger partial charge on any atom is -0.439 e. The molecule has 0 saturated heterocycles. The number of rotatable bonds is 3. The number of fused-ring (bicyclic) bond motifs is 1. The molecule has 0 bridgehead atoms. The van der Waals surface area contributed by atoms with E-state index in [1.807, 2.05) is 55.5 Å². The molecule has 0 spiro atoms. The zero-order chi connectivity index (χ0) is 13.9. The minimum atomic E-state index is 0.474. The Labute approximate surface area is 123 Å². The molecular formula is C17H14ClNO. The molecule has 20 heavy (non-hydrogen) atoms. The normalized spacial score (nSPS) is 10.7. The van der Waals surface area contributed by atoms with Gasteiger partial charge in [0.2, 0.25) is 5.88 Å². The second-order valence-electron chi connectivity index (χ2n) is 4.69. The third kappa shape index (κ3) is 2.61. The number of aromatic nitrogens is 1. The number of pyridine rings is 1. The van der Waals surface area contributed by atoms with E-state index in [1.165, 1.54) is 0 Å². The number of ether oxygens (including phenoxy) is 1. The van der Waals surface area contributed by atoms with Crippen molar-refractivity contribution < 1.29 is 4.74 Å². The number of para-hydroxylation sites is 1. The first-order chi connectivity index (χ1) is 9.76. The first-order valence-corrected chi connectivity index (χ1v) is 6.99. The largest absolute Gasteiger partial charge is 0.439 e. The van der Waals surface area contributed by atoms with Crippen LogP contribution in [0.4, 0.5) is 0 Å². The predicted molar refractivity (Wildman–Crippen MR) is 82.6 cm³/mol. The Morgan fingerprint density at radius 1 is 1.05 bits per heavy atom. The van der Waals surface area contributed by atoms with Gasteiger partial charge in [-0.3, -0.25) is 0 Å². The number of nitrogens with zero attached hydrogens (tertiary/aromatic N) is 1. The molecule has 0 radical (unpaired) electrons. The molecule has 3 aromatic rings. The third-order valence-electron chi connectivity index (χ3n) is 3.14. The van der Waals surface area contributed by atoms with Crippen LogP contribution in [0.3, 0.4) is 0 Å². The highest BCUT2D eigenvalue weighted by Gasteiger charge is 2.06. The summed E-state index contributed by atoms with van der Waals surface area (Å²) in [4.78, 5) is 4.57. The third-order valence-corrected chi connectivity index (χ3v) is 3.44. The summed E-state index contributed by atoms with van der Waals surface area (Å²) < 4.78 is 5.89. The first kappa shape index (κ1) is 12.9. The molecule has 0 atom stereocenters. The Bertz CT molecular complexity index is 755.